The third kappa shape index (κ3) is 10.4. The fourth-order valence-electron chi connectivity index (χ4n) is 6.12. The van der Waals surface area contributed by atoms with Gasteiger partial charge in [0.25, 0.3) is 0 Å². The van der Waals surface area contributed by atoms with Crippen molar-refractivity contribution >= 4 is 33.2 Å². The van der Waals surface area contributed by atoms with Gasteiger partial charge in [0.05, 0.1) is 14.7 Å². The molecule has 218 valence electrons. The van der Waals surface area contributed by atoms with Crippen molar-refractivity contribution in [2.75, 3.05) is 0 Å². The molecule has 1 aromatic heterocycles. The Hall–Kier alpha value is -0.600. The van der Waals surface area contributed by atoms with E-state index in [2.05, 4.69) is 53.7 Å². The fraction of sp³-hybridized carbons (Fsp3) is 0.800. The molecule has 0 saturated carbocycles. The molecule has 0 aliphatic rings. The Morgan fingerprint density at radius 1 is 0.605 bits per heavy atom. The number of thiazole rings is 1. The molecular formula is C35H60ClNS. The van der Waals surface area contributed by atoms with Crippen LogP contribution in [0.5, 0.6) is 0 Å². The summed E-state index contributed by atoms with van der Waals surface area (Å²) in [6, 6.07) is 4.76. The van der Waals surface area contributed by atoms with Crippen LogP contribution in [-0.2, 0) is 10.8 Å². The Balaban J connectivity index is 2.33. The Kier molecular flexibility index (Phi) is 15.9. The van der Waals surface area contributed by atoms with Gasteiger partial charge in [0.2, 0.25) is 0 Å². The van der Waals surface area contributed by atoms with Crippen LogP contribution in [-0.4, -0.2) is 4.98 Å². The molecule has 0 bridgehead atoms. The fourth-order valence-corrected chi connectivity index (χ4v) is 7.67. The molecule has 3 heteroatoms. The van der Waals surface area contributed by atoms with Crippen LogP contribution in [0.4, 0.5) is 0 Å². The van der Waals surface area contributed by atoms with E-state index in [-0.39, 0.29) is 10.8 Å². The maximum Gasteiger partial charge on any atom is 0.100 e. The average molecular weight is 562 g/mol. The summed E-state index contributed by atoms with van der Waals surface area (Å²) in [6.07, 6.45) is 26.2. The molecule has 38 heavy (non-hydrogen) atoms. The van der Waals surface area contributed by atoms with Crippen molar-refractivity contribution in [1.29, 1.82) is 0 Å². The van der Waals surface area contributed by atoms with Gasteiger partial charge in [-0.15, -0.1) is 11.3 Å². The zero-order valence-electron chi connectivity index (χ0n) is 26.0. The minimum atomic E-state index is 0.165. The quantitative estimate of drug-likeness (QED) is 0.130. The molecule has 1 nitrogen and oxygen atoms in total. The summed E-state index contributed by atoms with van der Waals surface area (Å²) in [5.74, 6) is 0. The minimum absolute atomic E-state index is 0.165. The van der Waals surface area contributed by atoms with Gasteiger partial charge in [-0.25, -0.2) is 4.98 Å². The zero-order chi connectivity index (χ0) is 27.9. The number of benzene rings is 1. The second-order valence-electron chi connectivity index (χ2n) is 12.7. The SMILES string of the molecule is CCCCCCCC(C)(CCCCC)c1cc(Cl)c2nc(C(C)(CCCCC)CCCCCCC)sc2c1. The highest BCUT2D eigenvalue weighted by Crippen LogP contribution is 2.44. The number of rotatable bonds is 22. The Labute approximate surface area is 245 Å². The number of unbranched alkanes of at least 4 members (excludes halogenated alkanes) is 12. The van der Waals surface area contributed by atoms with E-state index in [0.717, 1.165) is 10.5 Å². The summed E-state index contributed by atoms with van der Waals surface area (Å²) in [6.45, 7) is 14.2. The number of nitrogens with zero attached hydrogens (tertiary/aromatic N) is 1. The van der Waals surface area contributed by atoms with E-state index in [4.69, 9.17) is 16.6 Å². The molecule has 0 N–H and O–H groups in total. The van der Waals surface area contributed by atoms with Gasteiger partial charge in [-0.1, -0.05) is 156 Å². The maximum absolute atomic E-state index is 7.03. The zero-order valence-corrected chi connectivity index (χ0v) is 27.6. The highest BCUT2D eigenvalue weighted by Gasteiger charge is 2.31. The molecule has 2 atom stereocenters. The largest absolute Gasteiger partial charge is 0.239 e. The first kappa shape index (κ1) is 33.6. The number of halogens is 1. The summed E-state index contributed by atoms with van der Waals surface area (Å²) in [4.78, 5) is 5.26. The van der Waals surface area contributed by atoms with Gasteiger partial charge in [-0.05, 0) is 48.8 Å². The van der Waals surface area contributed by atoms with E-state index in [1.165, 1.54) is 144 Å². The lowest BCUT2D eigenvalue weighted by molar-refractivity contribution is 0.364. The highest BCUT2D eigenvalue weighted by atomic mass is 35.5. The molecule has 2 unspecified atom stereocenters. The van der Waals surface area contributed by atoms with Crippen LogP contribution in [0.25, 0.3) is 10.2 Å². The highest BCUT2D eigenvalue weighted by molar-refractivity contribution is 7.18. The lowest BCUT2D eigenvalue weighted by Gasteiger charge is -2.31. The Bertz CT molecular complexity index is 905. The molecule has 0 radical (unpaired) electrons. The summed E-state index contributed by atoms with van der Waals surface area (Å²) in [7, 11) is 0. The van der Waals surface area contributed by atoms with Gasteiger partial charge in [-0.2, -0.15) is 0 Å². The van der Waals surface area contributed by atoms with E-state index in [0.29, 0.717) is 0 Å². The molecule has 0 aliphatic carbocycles. The lowest BCUT2D eigenvalue weighted by atomic mass is 9.74. The van der Waals surface area contributed by atoms with E-state index >= 15 is 0 Å². The predicted octanol–water partition coefficient (Wildman–Crippen LogP) is 13.3. The van der Waals surface area contributed by atoms with Crippen LogP contribution in [0.15, 0.2) is 12.1 Å². The molecule has 2 rings (SSSR count). The maximum atomic E-state index is 7.03. The van der Waals surface area contributed by atoms with Gasteiger partial charge < -0.3 is 0 Å². The summed E-state index contributed by atoms with van der Waals surface area (Å²) < 4.78 is 1.31. The average Bonchev–Trinajstić information content (AvgIpc) is 3.35. The van der Waals surface area contributed by atoms with E-state index < -0.39 is 0 Å². The monoisotopic (exact) mass is 561 g/mol. The van der Waals surface area contributed by atoms with E-state index in [1.807, 2.05) is 11.3 Å². The third-order valence-corrected chi connectivity index (χ3v) is 10.6. The number of aromatic nitrogens is 1. The van der Waals surface area contributed by atoms with Gasteiger partial charge in [0.15, 0.2) is 0 Å². The van der Waals surface area contributed by atoms with Crippen LogP contribution in [0, 0.1) is 0 Å². The molecular weight excluding hydrogens is 502 g/mol. The summed E-state index contributed by atoms with van der Waals surface area (Å²) >= 11 is 8.97. The van der Waals surface area contributed by atoms with Gasteiger partial charge in [0, 0.05) is 5.41 Å². The van der Waals surface area contributed by atoms with E-state index in [1.54, 1.807) is 0 Å². The smallest absolute Gasteiger partial charge is 0.100 e. The van der Waals surface area contributed by atoms with Gasteiger partial charge in [0.1, 0.15) is 5.52 Å². The molecule has 0 amide bonds. The number of hydrogen-bond acceptors (Lipinski definition) is 2. The molecule has 0 aliphatic heterocycles. The predicted molar refractivity (Wildman–Crippen MR) is 174 cm³/mol. The van der Waals surface area contributed by atoms with E-state index in [9.17, 15) is 0 Å². The topological polar surface area (TPSA) is 12.9 Å². The minimum Gasteiger partial charge on any atom is -0.239 e. The standard InChI is InChI=1S/C35H60ClNS/c1-7-11-15-17-21-24-34(5,23-19-13-9-3)29-27-30(36)32-31(28-29)38-33(37-32)35(6,25-20-14-10-4)26-22-18-16-12-8-2/h27-28H,7-26H2,1-6H3. The molecule has 0 fully saturated rings. The summed E-state index contributed by atoms with van der Waals surface area (Å²) in [5.41, 5.74) is 2.86. The first-order chi connectivity index (χ1) is 18.3. The van der Waals surface area contributed by atoms with Crippen molar-refractivity contribution < 1.29 is 0 Å². The van der Waals surface area contributed by atoms with Crippen molar-refractivity contribution in [2.24, 2.45) is 0 Å². The molecule has 2 aromatic rings. The Morgan fingerprint density at radius 2 is 1.03 bits per heavy atom. The first-order valence-corrected chi connectivity index (χ1v) is 17.6. The third-order valence-electron chi connectivity index (χ3n) is 8.99. The molecule has 0 saturated heterocycles. The second-order valence-corrected chi connectivity index (χ2v) is 14.1. The van der Waals surface area contributed by atoms with Crippen molar-refractivity contribution in [1.82, 2.24) is 4.98 Å². The van der Waals surface area contributed by atoms with Crippen molar-refractivity contribution in [2.45, 2.75) is 181 Å². The number of hydrogen-bond donors (Lipinski definition) is 0. The first-order valence-electron chi connectivity index (χ1n) is 16.4. The van der Waals surface area contributed by atoms with Gasteiger partial charge >= 0.3 is 0 Å². The van der Waals surface area contributed by atoms with Crippen LogP contribution >= 0.6 is 22.9 Å². The van der Waals surface area contributed by atoms with Crippen LogP contribution in [0.1, 0.15) is 181 Å². The Morgan fingerprint density at radius 3 is 1.53 bits per heavy atom. The molecule has 0 spiro atoms. The van der Waals surface area contributed by atoms with Crippen LogP contribution < -0.4 is 0 Å². The molecule has 1 aromatic carbocycles. The van der Waals surface area contributed by atoms with Crippen LogP contribution in [0.3, 0.4) is 0 Å². The summed E-state index contributed by atoms with van der Waals surface area (Å²) in [5, 5.41) is 2.19. The van der Waals surface area contributed by atoms with Crippen molar-refractivity contribution in [3.8, 4) is 0 Å². The lowest BCUT2D eigenvalue weighted by Crippen LogP contribution is -2.22. The van der Waals surface area contributed by atoms with Crippen LogP contribution in [0.2, 0.25) is 5.02 Å². The van der Waals surface area contributed by atoms with Gasteiger partial charge in [-0.3, -0.25) is 0 Å². The second kappa shape index (κ2) is 18.0. The normalized spacial score (nSPS) is 15.1. The van der Waals surface area contributed by atoms with Crippen molar-refractivity contribution in [3.05, 3.63) is 27.7 Å². The molecule has 1 heterocycles. The number of fused-ring (bicyclic) bond motifs is 1. The van der Waals surface area contributed by atoms with Crippen molar-refractivity contribution in [3.63, 3.8) is 0 Å².